The Labute approximate surface area is 228 Å². The number of carbonyl (C=O) groups excluding carboxylic acids is 2. The Bertz CT molecular complexity index is 1120. The fraction of sp³-hybridized carbons (Fsp3) is 0.533. The highest BCUT2D eigenvalue weighted by Gasteiger charge is 2.49. The van der Waals surface area contributed by atoms with Crippen LogP contribution in [0.15, 0.2) is 48.5 Å². The van der Waals surface area contributed by atoms with Crippen LogP contribution >= 0.6 is 0 Å². The number of amides is 2. The summed E-state index contributed by atoms with van der Waals surface area (Å²) in [5.41, 5.74) is 1.28. The van der Waals surface area contributed by atoms with E-state index in [0.717, 1.165) is 37.1 Å². The highest BCUT2D eigenvalue weighted by molar-refractivity contribution is 6.00. The van der Waals surface area contributed by atoms with Gasteiger partial charge < -0.3 is 20.3 Å². The minimum Gasteiger partial charge on any atom is -0.444 e. The van der Waals surface area contributed by atoms with Gasteiger partial charge in [-0.25, -0.2) is 4.79 Å². The van der Waals surface area contributed by atoms with Crippen LogP contribution in [-0.2, 0) is 14.9 Å². The number of rotatable bonds is 8. The Hall–Kier alpha value is -3.07. The number of alkyl halides is 3. The molecule has 1 aliphatic heterocycles. The van der Waals surface area contributed by atoms with Crippen molar-refractivity contribution in [3.63, 3.8) is 0 Å². The average molecular weight is 546 g/mol. The van der Waals surface area contributed by atoms with E-state index in [1.807, 2.05) is 69.3 Å². The molecule has 0 bridgehead atoms. The Morgan fingerprint density at radius 2 is 1.54 bits per heavy atom. The number of hydrogen-bond acceptors (Lipinski definition) is 4. The van der Waals surface area contributed by atoms with Gasteiger partial charge >= 0.3 is 12.3 Å². The second-order valence-electron chi connectivity index (χ2n) is 11.4. The fourth-order valence-corrected chi connectivity index (χ4v) is 5.82. The van der Waals surface area contributed by atoms with Gasteiger partial charge in [-0.3, -0.25) is 4.79 Å². The van der Waals surface area contributed by atoms with E-state index in [-0.39, 0.29) is 12.1 Å². The third-order valence-electron chi connectivity index (χ3n) is 7.48. The SMILES string of the molecule is CC(C)(C)OC(=O)N(CCCCC1(C(=O)NCC(F)(F)F)c2ccccc2-c2ccccc21)C1CCNCC1. The number of halogens is 3. The summed E-state index contributed by atoms with van der Waals surface area (Å²) in [5, 5.41) is 5.49. The number of fused-ring (bicyclic) bond motifs is 3. The molecular formula is C30H38F3N3O3. The van der Waals surface area contributed by atoms with E-state index in [4.69, 9.17) is 4.74 Å². The van der Waals surface area contributed by atoms with E-state index in [2.05, 4.69) is 10.6 Å². The number of unbranched alkanes of at least 4 members (excludes halogenated alkanes) is 1. The summed E-state index contributed by atoms with van der Waals surface area (Å²) in [6.45, 7) is 6.21. The summed E-state index contributed by atoms with van der Waals surface area (Å²) in [7, 11) is 0. The Kier molecular flexibility index (Phi) is 8.59. The lowest BCUT2D eigenvalue weighted by Gasteiger charge is -2.36. The lowest BCUT2D eigenvalue weighted by atomic mass is 9.73. The van der Waals surface area contributed by atoms with Crippen molar-refractivity contribution in [1.82, 2.24) is 15.5 Å². The maximum Gasteiger partial charge on any atom is 0.410 e. The summed E-state index contributed by atoms with van der Waals surface area (Å²) in [5.74, 6) is -0.653. The van der Waals surface area contributed by atoms with Gasteiger partial charge in [0.1, 0.15) is 17.6 Å². The lowest BCUT2D eigenvalue weighted by molar-refractivity contribution is -0.141. The molecule has 0 atom stereocenters. The van der Waals surface area contributed by atoms with Crippen LogP contribution in [0, 0.1) is 0 Å². The van der Waals surface area contributed by atoms with E-state index in [1.165, 1.54) is 0 Å². The first-order valence-electron chi connectivity index (χ1n) is 13.7. The van der Waals surface area contributed by atoms with E-state index in [1.54, 1.807) is 4.90 Å². The second kappa shape index (κ2) is 11.6. The maximum atomic E-state index is 13.7. The number of nitrogens with one attached hydrogen (secondary N) is 2. The molecule has 1 aliphatic carbocycles. The van der Waals surface area contributed by atoms with Gasteiger partial charge in [0, 0.05) is 12.6 Å². The highest BCUT2D eigenvalue weighted by atomic mass is 19.4. The van der Waals surface area contributed by atoms with Gasteiger partial charge in [-0.05, 0) is 88.2 Å². The van der Waals surface area contributed by atoms with Crippen molar-refractivity contribution in [2.45, 2.75) is 76.1 Å². The first-order chi connectivity index (χ1) is 18.4. The van der Waals surface area contributed by atoms with Crippen molar-refractivity contribution in [2.75, 3.05) is 26.2 Å². The molecule has 2 aromatic rings. The normalized spacial score (nSPS) is 16.8. The van der Waals surface area contributed by atoms with Crippen LogP contribution < -0.4 is 10.6 Å². The standard InChI is InChI=1S/C30H38F3N3O3/c1-28(2,3)39-27(38)36(21-14-17-34-18-15-21)19-9-8-16-29(26(37)35-20-30(31,32)33)24-12-6-4-10-22(24)23-11-5-7-13-25(23)29/h4-7,10-13,21,34H,8-9,14-20H2,1-3H3,(H,35,37). The van der Waals surface area contributed by atoms with Crippen LogP contribution in [0.25, 0.3) is 11.1 Å². The van der Waals surface area contributed by atoms with E-state index < -0.39 is 29.6 Å². The predicted molar refractivity (Wildman–Crippen MR) is 144 cm³/mol. The zero-order valence-electron chi connectivity index (χ0n) is 22.9. The summed E-state index contributed by atoms with van der Waals surface area (Å²) >= 11 is 0. The number of piperidine rings is 1. The van der Waals surface area contributed by atoms with Gasteiger partial charge in [0.2, 0.25) is 5.91 Å². The van der Waals surface area contributed by atoms with Crippen LogP contribution in [0.2, 0.25) is 0 Å². The molecule has 9 heteroatoms. The topological polar surface area (TPSA) is 70.7 Å². The van der Waals surface area contributed by atoms with Crippen molar-refractivity contribution < 1.29 is 27.5 Å². The van der Waals surface area contributed by atoms with Crippen LogP contribution in [0.3, 0.4) is 0 Å². The highest BCUT2D eigenvalue weighted by Crippen LogP contribution is 2.51. The zero-order valence-corrected chi connectivity index (χ0v) is 22.9. The summed E-state index contributed by atoms with van der Waals surface area (Å²) in [4.78, 5) is 28.6. The van der Waals surface area contributed by atoms with Gasteiger partial charge in [-0.1, -0.05) is 48.5 Å². The number of nitrogens with zero attached hydrogens (tertiary/aromatic N) is 1. The van der Waals surface area contributed by atoms with E-state index in [0.29, 0.717) is 36.9 Å². The van der Waals surface area contributed by atoms with E-state index in [9.17, 15) is 22.8 Å². The van der Waals surface area contributed by atoms with Gasteiger partial charge in [0.05, 0.1) is 0 Å². The largest absolute Gasteiger partial charge is 0.444 e. The molecule has 2 aliphatic rings. The smallest absolute Gasteiger partial charge is 0.410 e. The van der Waals surface area contributed by atoms with Gasteiger partial charge in [-0.15, -0.1) is 0 Å². The molecule has 212 valence electrons. The van der Waals surface area contributed by atoms with Crippen molar-refractivity contribution >= 4 is 12.0 Å². The first kappa shape index (κ1) is 28.9. The number of hydrogen-bond donors (Lipinski definition) is 2. The Balaban J connectivity index is 1.57. The molecular weight excluding hydrogens is 507 g/mol. The van der Waals surface area contributed by atoms with Crippen molar-refractivity contribution in [3.05, 3.63) is 59.7 Å². The molecule has 2 aromatic carbocycles. The average Bonchev–Trinajstić information content (AvgIpc) is 3.17. The molecule has 0 aromatic heterocycles. The predicted octanol–water partition coefficient (Wildman–Crippen LogP) is 5.79. The van der Waals surface area contributed by atoms with Gasteiger partial charge in [0.25, 0.3) is 0 Å². The Morgan fingerprint density at radius 3 is 2.08 bits per heavy atom. The molecule has 0 spiro atoms. The maximum absolute atomic E-state index is 13.7. The number of ether oxygens (including phenoxy) is 1. The molecule has 0 unspecified atom stereocenters. The van der Waals surface area contributed by atoms with Crippen LogP contribution in [0.4, 0.5) is 18.0 Å². The van der Waals surface area contributed by atoms with Crippen molar-refractivity contribution in [1.29, 1.82) is 0 Å². The summed E-state index contributed by atoms with van der Waals surface area (Å²) in [6.07, 6.45) is -1.79. The Morgan fingerprint density at radius 1 is 0.974 bits per heavy atom. The molecule has 2 N–H and O–H groups in total. The van der Waals surface area contributed by atoms with E-state index >= 15 is 0 Å². The minimum atomic E-state index is -4.52. The summed E-state index contributed by atoms with van der Waals surface area (Å²) in [6, 6.07) is 14.9. The fourth-order valence-electron chi connectivity index (χ4n) is 5.82. The quantitative estimate of drug-likeness (QED) is 0.412. The molecule has 0 saturated carbocycles. The zero-order chi connectivity index (χ0) is 28.3. The second-order valence-corrected chi connectivity index (χ2v) is 11.4. The van der Waals surface area contributed by atoms with Gasteiger partial charge in [-0.2, -0.15) is 13.2 Å². The molecule has 1 fully saturated rings. The monoisotopic (exact) mass is 545 g/mol. The number of benzene rings is 2. The van der Waals surface area contributed by atoms with Gasteiger partial charge in [0.15, 0.2) is 0 Å². The molecule has 6 nitrogen and oxygen atoms in total. The third kappa shape index (κ3) is 6.57. The van der Waals surface area contributed by atoms with Crippen molar-refractivity contribution in [3.8, 4) is 11.1 Å². The third-order valence-corrected chi connectivity index (χ3v) is 7.48. The summed E-state index contributed by atoms with van der Waals surface area (Å²) < 4.78 is 45.0. The minimum absolute atomic E-state index is 0.0538. The molecule has 1 saturated heterocycles. The molecule has 1 heterocycles. The molecule has 0 radical (unpaired) electrons. The van der Waals surface area contributed by atoms with Crippen molar-refractivity contribution in [2.24, 2.45) is 0 Å². The van der Waals surface area contributed by atoms with Crippen LogP contribution in [0.1, 0.15) is 64.0 Å². The van der Waals surface area contributed by atoms with Crippen LogP contribution in [-0.4, -0.2) is 60.9 Å². The number of carbonyl (C=O) groups is 2. The molecule has 2 amide bonds. The first-order valence-corrected chi connectivity index (χ1v) is 13.7. The lowest BCUT2D eigenvalue weighted by Crippen LogP contribution is -2.48. The molecule has 4 rings (SSSR count). The van der Waals surface area contributed by atoms with Crippen LogP contribution in [0.5, 0.6) is 0 Å². The molecule has 39 heavy (non-hydrogen) atoms.